The van der Waals surface area contributed by atoms with E-state index in [1.807, 2.05) is 12.1 Å². The van der Waals surface area contributed by atoms with E-state index in [2.05, 4.69) is 38.7 Å². The second-order valence-corrected chi connectivity index (χ2v) is 5.69. The second-order valence-electron chi connectivity index (χ2n) is 4.77. The van der Waals surface area contributed by atoms with Gasteiger partial charge in [-0.3, -0.25) is 9.59 Å². The van der Waals surface area contributed by atoms with Crippen molar-refractivity contribution in [1.29, 1.82) is 0 Å². The van der Waals surface area contributed by atoms with E-state index in [4.69, 9.17) is 0 Å². The Morgan fingerprint density at radius 1 is 1.21 bits per heavy atom. The summed E-state index contributed by atoms with van der Waals surface area (Å²) in [4.78, 5) is 22.5. The quantitative estimate of drug-likeness (QED) is 0.811. The maximum Gasteiger partial charge on any atom is 0.223 e. The first-order valence-corrected chi connectivity index (χ1v) is 7.15. The number of nitrogens with one attached hydrogen (secondary N) is 2. The Morgan fingerprint density at radius 2 is 1.84 bits per heavy atom. The largest absolute Gasteiger partial charge is 0.355 e. The highest BCUT2D eigenvalue weighted by molar-refractivity contribution is 9.10. The van der Waals surface area contributed by atoms with Crippen LogP contribution in [0, 0.1) is 5.92 Å². The van der Waals surface area contributed by atoms with Gasteiger partial charge in [-0.1, -0.05) is 28.1 Å². The molecule has 19 heavy (non-hydrogen) atoms. The SMILES string of the molecule is CC(=O)NCCNC(=O)[C@@H]1C[C@H]1c1ccc(Br)cc1. The summed E-state index contributed by atoms with van der Waals surface area (Å²) in [6.45, 7) is 2.44. The van der Waals surface area contributed by atoms with Gasteiger partial charge >= 0.3 is 0 Å². The molecule has 0 saturated heterocycles. The van der Waals surface area contributed by atoms with Crippen LogP contribution in [0.5, 0.6) is 0 Å². The summed E-state index contributed by atoms with van der Waals surface area (Å²) < 4.78 is 1.05. The Hall–Kier alpha value is -1.36. The Bertz CT molecular complexity index is 473. The van der Waals surface area contributed by atoms with E-state index < -0.39 is 0 Å². The molecule has 1 aliphatic rings. The normalized spacial score (nSPS) is 20.7. The van der Waals surface area contributed by atoms with E-state index in [0.717, 1.165) is 10.9 Å². The molecule has 102 valence electrons. The molecule has 1 fully saturated rings. The van der Waals surface area contributed by atoms with Crippen LogP contribution in [0.3, 0.4) is 0 Å². The van der Waals surface area contributed by atoms with Gasteiger partial charge in [-0.15, -0.1) is 0 Å². The lowest BCUT2D eigenvalue weighted by Gasteiger charge is -2.05. The van der Waals surface area contributed by atoms with Gasteiger partial charge in [0.15, 0.2) is 0 Å². The van der Waals surface area contributed by atoms with Gasteiger partial charge in [0, 0.05) is 30.4 Å². The summed E-state index contributed by atoms with van der Waals surface area (Å²) in [6, 6.07) is 8.11. The van der Waals surface area contributed by atoms with Crippen LogP contribution in [-0.2, 0) is 9.59 Å². The highest BCUT2D eigenvalue weighted by atomic mass is 79.9. The molecular formula is C14H17BrN2O2. The van der Waals surface area contributed by atoms with Crippen LogP contribution in [0.1, 0.15) is 24.8 Å². The smallest absolute Gasteiger partial charge is 0.223 e. The monoisotopic (exact) mass is 324 g/mol. The number of amides is 2. The third kappa shape index (κ3) is 4.06. The molecule has 0 radical (unpaired) electrons. The minimum Gasteiger partial charge on any atom is -0.355 e. The summed E-state index contributed by atoms with van der Waals surface area (Å²) in [7, 11) is 0. The zero-order chi connectivity index (χ0) is 13.8. The van der Waals surface area contributed by atoms with Crippen molar-refractivity contribution in [2.45, 2.75) is 19.3 Å². The standard InChI is InChI=1S/C14H17BrN2O2/c1-9(18)16-6-7-17-14(19)13-8-12(13)10-2-4-11(15)5-3-10/h2-5,12-13H,6-8H2,1H3,(H,16,18)(H,17,19)/t12-,13+/m0/s1. The second kappa shape index (κ2) is 6.19. The van der Waals surface area contributed by atoms with Crippen LogP contribution in [0.4, 0.5) is 0 Å². The van der Waals surface area contributed by atoms with Crippen LogP contribution in [0.15, 0.2) is 28.7 Å². The molecule has 2 atom stereocenters. The van der Waals surface area contributed by atoms with Crippen molar-refractivity contribution < 1.29 is 9.59 Å². The first kappa shape index (κ1) is 14.1. The average Bonchev–Trinajstić information content (AvgIpc) is 3.15. The van der Waals surface area contributed by atoms with Crippen LogP contribution in [0.25, 0.3) is 0 Å². The fourth-order valence-corrected chi connectivity index (χ4v) is 2.38. The van der Waals surface area contributed by atoms with Crippen LogP contribution in [-0.4, -0.2) is 24.9 Å². The predicted molar refractivity (Wildman–Crippen MR) is 76.7 cm³/mol. The molecule has 1 saturated carbocycles. The lowest BCUT2D eigenvalue weighted by molar-refractivity contribution is -0.123. The molecule has 0 aromatic heterocycles. The Kier molecular flexibility index (Phi) is 4.58. The molecule has 0 unspecified atom stereocenters. The molecule has 2 N–H and O–H groups in total. The molecule has 2 rings (SSSR count). The molecule has 0 spiro atoms. The van der Waals surface area contributed by atoms with Gasteiger partial charge in [0.25, 0.3) is 0 Å². The molecule has 1 aliphatic carbocycles. The van der Waals surface area contributed by atoms with Crippen molar-refractivity contribution >= 4 is 27.7 Å². The Morgan fingerprint density at radius 3 is 2.47 bits per heavy atom. The number of hydrogen-bond acceptors (Lipinski definition) is 2. The molecule has 4 nitrogen and oxygen atoms in total. The van der Waals surface area contributed by atoms with Crippen molar-refractivity contribution in [2.24, 2.45) is 5.92 Å². The highest BCUT2D eigenvalue weighted by Crippen LogP contribution is 2.47. The summed E-state index contributed by atoms with van der Waals surface area (Å²) in [5.74, 6) is 0.430. The first-order chi connectivity index (χ1) is 9.08. The number of carbonyl (C=O) groups excluding carboxylic acids is 2. The van der Waals surface area contributed by atoms with Crippen molar-refractivity contribution in [2.75, 3.05) is 13.1 Å². The van der Waals surface area contributed by atoms with E-state index in [1.54, 1.807) is 0 Å². The van der Waals surface area contributed by atoms with Gasteiger partial charge in [-0.2, -0.15) is 0 Å². The van der Waals surface area contributed by atoms with E-state index in [0.29, 0.717) is 19.0 Å². The summed E-state index contributed by atoms with van der Waals surface area (Å²) >= 11 is 3.40. The molecule has 0 aliphatic heterocycles. The van der Waals surface area contributed by atoms with Gasteiger partial charge < -0.3 is 10.6 Å². The summed E-state index contributed by atoms with van der Waals surface area (Å²) in [5, 5.41) is 5.50. The van der Waals surface area contributed by atoms with E-state index >= 15 is 0 Å². The fraction of sp³-hybridized carbons (Fsp3) is 0.429. The topological polar surface area (TPSA) is 58.2 Å². The Labute approximate surface area is 121 Å². The lowest BCUT2D eigenvalue weighted by atomic mass is 10.1. The molecule has 1 aromatic carbocycles. The molecule has 5 heteroatoms. The Balaban J connectivity index is 1.74. The van der Waals surface area contributed by atoms with Crippen LogP contribution in [0.2, 0.25) is 0 Å². The summed E-state index contributed by atoms with van der Waals surface area (Å²) in [5.41, 5.74) is 1.21. The maximum absolute atomic E-state index is 11.9. The minimum atomic E-state index is -0.0755. The number of carbonyl (C=O) groups is 2. The first-order valence-electron chi connectivity index (χ1n) is 6.35. The summed E-state index contributed by atoms with van der Waals surface area (Å²) in [6.07, 6.45) is 0.910. The van der Waals surface area contributed by atoms with Gasteiger partial charge in [-0.05, 0) is 30.0 Å². The van der Waals surface area contributed by atoms with Crippen molar-refractivity contribution in [3.05, 3.63) is 34.3 Å². The number of benzene rings is 1. The number of halogens is 1. The average molecular weight is 325 g/mol. The lowest BCUT2D eigenvalue weighted by Crippen LogP contribution is -2.34. The van der Waals surface area contributed by atoms with E-state index in [9.17, 15) is 9.59 Å². The van der Waals surface area contributed by atoms with Gasteiger partial charge in [-0.25, -0.2) is 0 Å². The zero-order valence-electron chi connectivity index (χ0n) is 10.8. The van der Waals surface area contributed by atoms with Crippen LogP contribution >= 0.6 is 15.9 Å². The maximum atomic E-state index is 11.9. The van der Waals surface area contributed by atoms with Crippen molar-refractivity contribution in [3.8, 4) is 0 Å². The highest BCUT2D eigenvalue weighted by Gasteiger charge is 2.43. The number of hydrogen-bond donors (Lipinski definition) is 2. The van der Waals surface area contributed by atoms with Crippen LogP contribution < -0.4 is 10.6 Å². The number of rotatable bonds is 5. The van der Waals surface area contributed by atoms with E-state index in [-0.39, 0.29) is 17.7 Å². The molecule has 2 amide bonds. The van der Waals surface area contributed by atoms with Gasteiger partial charge in [0.2, 0.25) is 11.8 Å². The third-order valence-electron chi connectivity index (χ3n) is 3.22. The van der Waals surface area contributed by atoms with E-state index in [1.165, 1.54) is 12.5 Å². The molecule has 1 aromatic rings. The molecule has 0 bridgehead atoms. The predicted octanol–water partition coefficient (Wildman–Crippen LogP) is 1.80. The van der Waals surface area contributed by atoms with Crippen molar-refractivity contribution in [1.82, 2.24) is 10.6 Å². The zero-order valence-corrected chi connectivity index (χ0v) is 12.4. The minimum absolute atomic E-state index is 0.0755. The van der Waals surface area contributed by atoms with Gasteiger partial charge in [0.05, 0.1) is 0 Å². The third-order valence-corrected chi connectivity index (χ3v) is 3.75. The van der Waals surface area contributed by atoms with Crippen molar-refractivity contribution in [3.63, 3.8) is 0 Å². The molecule has 0 heterocycles. The van der Waals surface area contributed by atoms with Gasteiger partial charge in [0.1, 0.15) is 0 Å². The fourth-order valence-electron chi connectivity index (χ4n) is 2.12. The molecular weight excluding hydrogens is 308 g/mol.